The average Bonchev–Trinajstić information content (AvgIpc) is 3.69. The number of hydrogen-bond acceptors (Lipinski definition) is 7. The monoisotopic (exact) mass is 627 g/mol. The molecule has 3 amide bonds. The molecule has 2 fully saturated rings. The van der Waals surface area contributed by atoms with E-state index in [1.807, 2.05) is 86.7 Å². The third-order valence-corrected chi connectivity index (χ3v) is 9.64. The predicted octanol–water partition coefficient (Wildman–Crippen LogP) is 3.25. The van der Waals surface area contributed by atoms with Crippen molar-refractivity contribution in [1.82, 2.24) is 15.1 Å². The highest BCUT2D eigenvalue weighted by atomic mass is 16.6. The van der Waals surface area contributed by atoms with E-state index in [1.165, 1.54) is 4.90 Å². The lowest BCUT2D eigenvalue weighted by Crippen LogP contribution is -2.58. The lowest BCUT2D eigenvalue weighted by molar-refractivity contribution is -0.162. The van der Waals surface area contributed by atoms with E-state index >= 15 is 0 Å². The van der Waals surface area contributed by atoms with Crippen LogP contribution in [0.2, 0.25) is 0 Å². The van der Waals surface area contributed by atoms with E-state index in [0.29, 0.717) is 17.5 Å². The summed E-state index contributed by atoms with van der Waals surface area (Å²) in [5, 5.41) is 13.7. The number of allylic oxidation sites excluding steroid dienone is 1. The molecule has 4 heterocycles. The van der Waals surface area contributed by atoms with Gasteiger partial charge >= 0.3 is 5.97 Å². The van der Waals surface area contributed by atoms with Crippen molar-refractivity contribution in [1.29, 1.82) is 0 Å². The largest absolute Gasteiger partial charge is 0.455 e. The Hall–Kier alpha value is -4.28. The van der Waals surface area contributed by atoms with Gasteiger partial charge in [0, 0.05) is 19.0 Å². The number of likely N-dealkylation sites (tertiary alicyclic amines) is 1. The molecule has 0 radical (unpaired) electrons. The number of nitrogens with one attached hydrogen (secondary N) is 1. The first-order valence-electron chi connectivity index (χ1n) is 16.0. The van der Waals surface area contributed by atoms with Crippen molar-refractivity contribution >= 4 is 23.7 Å². The van der Waals surface area contributed by atoms with Crippen molar-refractivity contribution in [3.8, 4) is 0 Å². The molecular weight excluding hydrogens is 586 g/mol. The maximum Gasteiger partial charge on any atom is 0.313 e. The molecule has 0 unspecified atom stereocenters. The molecule has 242 valence electrons. The Balaban J connectivity index is 1.47. The molecule has 2 saturated heterocycles. The molecule has 1 spiro atoms. The second-order valence-electron chi connectivity index (χ2n) is 12.8. The van der Waals surface area contributed by atoms with Crippen LogP contribution in [0.4, 0.5) is 0 Å². The summed E-state index contributed by atoms with van der Waals surface area (Å²) in [5.74, 6) is -3.73. The van der Waals surface area contributed by atoms with Crippen LogP contribution in [0.15, 0.2) is 85.0 Å². The van der Waals surface area contributed by atoms with Gasteiger partial charge in [0.05, 0.1) is 30.7 Å². The molecule has 10 nitrogen and oxygen atoms in total. The Morgan fingerprint density at radius 2 is 1.67 bits per heavy atom. The summed E-state index contributed by atoms with van der Waals surface area (Å²) in [6.45, 7) is 5.39. The molecule has 4 aliphatic heterocycles. The molecular formula is C36H41N3O7. The summed E-state index contributed by atoms with van der Waals surface area (Å²) in [5.41, 5.74) is -0.0744. The van der Waals surface area contributed by atoms with E-state index in [1.54, 1.807) is 24.0 Å². The molecule has 2 aromatic rings. The molecule has 46 heavy (non-hydrogen) atoms. The fraction of sp³-hybridized carbons (Fsp3) is 0.444. The molecule has 2 N–H and O–H groups in total. The first-order chi connectivity index (χ1) is 22.2. The Morgan fingerprint density at radius 1 is 0.978 bits per heavy atom. The van der Waals surface area contributed by atoms with Gasteiger partial charge in [0.2, 0.25) is 17.7 Å². The number of nitrogens with zero attached hydrogens (tertiary/aromatic N) is 2. The van der Waals surface area contributed by atoms with Crippen LogP contribution >= 0.6 is 0 Å². The highest BCUT2D eigenvalue weighted by Crippen LogP contribution is 2.57. The Bertz CT molecular complexity index is 1530. The minimum Gasteiger partial charge on any atom is -0.455 e. The van der Waals surface area contributed by atoms with Crippen molar-refractivity contribution in [3.05, 3.63) is 96.1 Å². The number of fused-ring (bicyclic) bond motifs is 2. The highest BCUT2D eigenvalue weighted by molar-refractivity contribution is 5.99. The van der Waals surface area contributed by atoms with Crippen LogP contribution in [-0.2, 0) is 28.7 Å². The molecule has 4 aliphatic rings. The average molecular weight is 628 g/mol. The van der Waals surface area contributed by atoms with Crippen LogP contribution in [0.3, 0.4) is 0 Å². The number of aliphatic hydroxyl groups excluding tert-OH is 1. The van der Waals surface area contributed by atoms with Crippen LogP contribution in [0.25, 0.3) is 0 Å². The van der Waals surface area contributed by atoms with Gasteiger partial charge in [-0.3, -0.25) is 19.2 Å². The SMILES string of the molecule is CC(C)N1C/C=C\CCC(=O)N[C@@H](C)[C@H](c2ccccc2)OC(=O)[C@@H]2[C@H]3C(=O)N([C@H](CO)c4ccccc4)[C@H](C1=O)[C@]31C=C[C@H]2O1. The van der Waals surface area contributed by atoms with Gasteiger partial charge in [-0.1, -0.05) is 85.0 Å². The smallest absolute Gasteiger partial charge is 0.313 e. The zero-order valence-corrected chi connectivity index (χ0v) is 26.3. The maximum absolute atomic E-state index is 14.7. The van der Waals surface area contributed by atoms with Crippen molar-refractivity contribution in [3.63, 3.8) is 0 Å². The van der Waals surface area contributed by atoms with Crippen LogP contribution < -0.4 is 5.32 Å². The molecule has 10 heteroatoms. The highest BCUT2D eigenvalue weighted by Gasteiger charge is 2.74. The number of aliphatic hydroxyl groups is 1. The maximum atomic E-state index is 14.7. The fourth-order valence-electron chi connectivity index (χ4n) is 7.46. The minimum absolute atomic E-state index is 0.193. The molecule has 2 aromatic carbocycles. The van der Waals surface area contributed by atoms with Crippen LogP contribution in [-0.4, -0.2) is 81.6 Å². The zero-order valence-electron chi connectivity index (χ0n) is 26.3. The Morgan fingerprint density at radius 3 is 2.35 bits per heavy atom. The van der Waals surface area contributed by atoms with Gasteiger partial charge in [-0.2, -0.15) is 0 Å². The summed E-state index contributed by atoms with van der Waals surface area (Å²) in [6.07, 6.45) is 6.28. The summed E-state index contributed by atoms with van der Waals surface area (Å²) < 4.78 is 12.7. The number of esters is 1. The van der Waals surface area contributed by atoms with E-state index in [0.717, 1.165) is 0 Å². The standard InChI is InChI=1S/C36H41N3O7/c1-22(2)38-20-12-6-11-17-28(41)37-23(3)31(25-15-9-5-10-16-25)45-35(44)29-27-18-19-36(46-27)30(29)33(42)39(32(36)34(38)43)26(21-40)24-13-7-4-8-14-24/h4-10,12-16,18-19,22-23,26-27,29-32,40H,11,17,20-21H2,1-3H3,(H,37,41)/b12-6-/t23-,26+,27+,29-,30-,31+,32+,36-/m0/s1. The zero-order chi connectivity index (χ0) is 32.6. The summed E-state index contributed by atoms with van der Waals surface area (Å²) in [7, 11) is 0. The molecule has 5 bridgehead atoms. The van der Waals surface area contributed by atoms with Crippen LogP contribution in [0.5, 0.6) is 0 Å². The van der Waals surface area contributed by atoms with Crippen molar-refractivity contribution in [2.24, 2.45) is 11.8 Å². The Labute approximate surface area is 269 Å². The molecule has 6 rings (SSSR count). The van der Waals surface area contributed by atoms with Gasteiger partial charge < -0.3 is 29.7 Å². The number of rotatable bonds is 5. The van der Waals surface area contributed by atoms with Crippen molar-refractivity contribution in [2.75, 3.05) is 13.2 Å². The van der Waals surface area contributed by atoms with Gasteiger partial charge in [-0.15, -0.1) is 0 Å². The second kappa shape index (κ2) is 12.8. The van der Waals surface area contributed by atoms with Gasteiger partial charge in [-0.05, 0) is 38.3 Å². The predicted molar refractivity (Wildman–Crippen MR) is 169 cm³/mol. The van der Waals surface area contributed by atoms with E-state index in [9.17, 15) is 24.3 Å². The van der Waals surface area contributed by atoms with E-state index in [-0.39, 0.29) is 30.8 Å². The number of benzene rings is 2. The minimum atomic E-state index is -1.43. The summed E-state index contributed by atoms with van der Waals surface area (Å²) in [4.78, 5) is 59.6. The van der Waals surface area contributed by atoms with Crippen LogP contribution in [0, 0.1) is 11.8 Å². The third kappa shape index (κ3) is 5.43. The first kappa shape index (κ1) is 31.7. The third-order valence-electron chi connectivity index (χ3n) is 9.64. The van der Waals surface area contributed by atoms with E-state index in [2.05, 4.69) is 5.32 Å². The number of hydrogen-bond donors (Lipinski definition) is 2. The van der Waals surface area contributed by atoms with Gasteiger partial charge in [0.25, 0.3) is 0 Å². The van der Waals surface area contributed by atoms with Gasteiger partial charge in [-0.25, -0.2) is 0 Å². The van der Waals surface area contributed by atoms with Gasteiger partial charge in [0.1, 0.15) is 23.7 Å². The first-order valence-corrected chi connectivity index (χ1v) is 16.0. The normalized spacial score (nSPS) is 32.8. The number of amides is 3. The number of carbonyl (C=O) groups is 4. The van der Waals surface area contributed by atoms with E-state index in [4.69, 9.17) is 9.47 Å². The fourth-order valence-corrected chi connectivity index (χ4v) is 7.46. The van der Waals surface area contributed by atoms with E-state index < -0.39 is 66.3 Å². The summed E-state index contributed by atoms with van der Waals surface area (Å²) >= 11 is 0. The summed E-state index contributed by atoms with van der Waals surface area (Å²) in [6, 6.07) is 15.5. The molecule has 0 aliphatic carbocycles. The molecule has 0 saturated carbocycles. The van der Waals surface area contributed by atoms with Gasteiger partial charge in [0.15, 0.2) is 0 Å². The van der Waals surface area contributed by atoms with Crippen LogP contribution in [0.1, 0.15) is 56.9 Å². The number of carbonyl (C=O) groups excluding carboxylic acids is 4. The molecule has 0 aromatic heterocycles. The van der Waals surface area contributed by atoms with Crippen molar-refractivity contribution < 1.29 is 33.8 Å². The Kier molecular flexibility index (Phi) is 8.85. The van der Waals surface area contributed by atoms with Crippen molar-refractivity contribution in [2.45, 2.75) is 75.6 Å². The second-order valence-corrected chi connectivity index (χ2v) is 12.8. The topological polar surface area (TPSA) is 125 Å². The lowest BCUT2D eigenvalue weighted by Gasteiger charge is -2.40. The number of cyclic esters (lactones) is 1. The lowest BCUT2D eigenvalue weighted by atomic mass is 9.74. The molecule has 8 atom stereocenters. The number of ether oxygens (including phenoxy) is 2. The quantitative estimate of drug-likeness (QED) is 0.385.